The topological polar surface area (TPSA) is 65.4 Å². The average Bonchev–Trinajstić information content (AvgIpc) is 3.22. The van der Waals surface area contributed by atoms with Gasteiger partial charge in [0.1, 0.15) is 17.3 Å². The molecular formula is C24H25N3O3. The largest absolute Gasteiger partial charge is 0.497 e. The number of hydrogen-bond donors (Lipinski definition) is 1. The van der Waals surface area contributed by atoms with E-state index in [1.165, 1.54) is 18.9 Å². The van der Waals surface area contributed by atoms with Gasteiger partial charge in [0.25, 0.3) is 0 Å². The monoisotopic (exact) mass is 403 g/mol. The van der Waals surface area contributed by atoms with Gasteiger partial charge in [-0.05, 0) is 49.2 Å². The third-order valence-electron chi connectivity index (χ3n) is 5.21. The van der Waals surface area contributed by atoms with E-state index in [-0.39, 0.29) is 5.91 Å². The van der Waals surface area contributed by atoms with E-state index >= 15 is 0 Å². The number of imidazole rings is 1. The van der Waals surface area contributed by atoms with Crippen LogP contribution in [0.15, 0.2) is 54.7 Å². The summed E-state index contributed by atoms with van der Waals surface area (Å²) in [5, 5.41) is 2.88. The van der Waals surface area contributed by atoms with E-state index in [0.29, 0.717) is 11.5 Å². The van der Waals surface area contributed by atoms with Crippen LogP contribution in [0.3, 0.4) is 0 Å². The minimum absolute atomic E-state index is 0.218. The van der Waals surface area contributed by atoms with Gasteiger partial charge in [0.15, 0.2) is 0 Å². The van der Waals surface area contributed by atoms with E-state index in [0.717, 1.165) is 41.3 Å². The second-order valence-corrected chi connectivity index (χ2v) is 7.20. The van der Waals surface area contributed by atoms with Crippen LogP contribution in [0, 0.1) is 0 Å². The highest BCUT2D eigenvalue weighted by atomic mass is 16.5. The first-order valence-electron chi connectivity index (χ1n) is 10.0. The van der Waals surface area contributed by atoms with Crippen LogP contribution in [-0.4, -0.2) is 29.7 Å². The molecule has 0 unspecified atom stereocenters. The van der Waals surface area contributed by atoms with Crippen molar-refractivity contribution in [3.63, 3.8) is 0 Å². The number of methoxy groups -OCH3 is 2. The average molecular weight is 403 g/mol. The van der Waals surface area contributed by atoms with Crippen molar-refractivity contribution in [2.45, 2.75) is 25.8 Å². The Hall–Kier alpha value is -3.54. The van der Waals surface area contributed by atoms with E-state index in [1.807, 2.05) is 42.5 Å². The van der Waals surface area contributed by atoms with Crippen LogP contribution in [0.25, 0.3) is 17.3 Å². The highest BCUT2D eigenvalue weighted by molar-refractivity contribution is 6.02. The number of aromatic nitrogens is 2. The fourth-order valence-electron chi connectivity index (χ4n) is 3.60. The van der Waals surface area contributed by atoms with E-state index in [1.54, 1.807) is 20.3 Å². The second kappa shape index (κ2) is 8.86. The molecule has 4 rings (SSSR count). The Morgan fingerprint density at radius 2 is 1.93 bits per heavy atom. The molecule has 0 saturated heterocycles. The van der Waals surface area contributed by atoms with Gasteiger partial charge in [-0.1, -0.05) is 12.1 Å². The number of amides is 1. The number of carbonyl (C=O) groups excluding carboxylic acids is 1. The molecule has 0 fully saturated rings. The number of hydrogen-bond acceptors (Lipinski definition) is 4. The number of nitrogens with one attached hydrogen (secondary N) is 1. The fraction of sp³-hybridized carbons (Fsp3) is 0.250. The molecule has 0 spiro atoms. The van der Waals surface area contributed by atoms with E-state index < -0.39 is 0 Å². The molecule has 154 valence electrons. The van der Waals surface area contributed by atoms with Gasteiger partial charge in [-0.2, -0.15) is 0 Å². The zero-order valence-corrected chi connectivity index (χ0v) is 17.2. The lowest BCUT2D eigenvalue weighted by molar-refractivity contribution is -0.111. The molecule has 30 heavy (non-hydrogen) atoms. The number of carbonyl (C=O) groups is 1. The molecule has 2 heterocycles. The fourth-order valence-corrected chi connectivity index (χ4v) is 3.60. The molecular weight excluding hydrogens is 378 g/mol. The number of ether oxygens (including phenoxy) is 2. The lowest BCUT2D eigenvalue weighted by Crippen LogP contribution is -2.08. The Morgan fingerprint density at radius 1 is 1.10 bits per heavy atom. The summed E-state index contributed by atoms with van der Waals surface area (Å²) in [6.07, 6.45) is 8.76. The van der Waals surface area contributed by atoms with Crippen LogP contribution in [0.1, 0.15) is 24.2 Å². The maximum Gasteiger partial charge on any atom is 0.248 e. The summed E-state index contributed by atoms with van der Waals surface area (Å²) in [5.41, 5.74) is 3.53. The smallest absolute Gasteiger partial charge is 0.248 e. The van der Waals surface area contributed by atoms with Crippen LogP contribution >= 0.6 is 0 Å². The summed E-state index contributed by atoms with van der Waals surface area (Å²) in [6, 6.07) is 13.2. The molecule has 0 aliphatic carbocycles. The van der Waals surface area contributed by atoms with Crippen LogP contribution in [0.2, 0.25) is 0 Å². The lowest BCUT2D eigenvalue weighted by atomic mass is 10.1. The highest BCUT2D eigenvalue weighted by Crippen LogP contribution is 2.26. The molecule has 6 nitrogen and oxygen atoms in total. The van der Waals surface area contributed by atoms with Crippen molar-refractivity contribution < 1.29 is 14.3 Å². The molecule has 1 aliphatic heterocycles. The summed E-state index contributed by atoms with van der Waals surface area (Å²) in [6.45, 7) is 1.04. The molecule has 0 radical (unpaired) electrons. The van der Waals surface area contributed by atoms with Crippen LogP contribution in [0.5, 0.6) is 11.5 Å². The Morgan fingerprint density at radius 3 is 2.67 bits per heavy atom. The molecule has 2 aromatic carbocycles. The summed E-state index contributed by atoms with van der Waals surface area (Å²) >= 11 is 0. The Kier molecular flexibility index (Phi) is 5.84. The third-order valence-corrected chi connectivity index (χ3v) is 5.21. The standard InChI is InChI=1S/C24H25N3O3/c1-29-20-11-12-22(30-2)18(15-20)8-13-24(28)25-19-9-6-17(7-10-19)21-16-27-14-4-3-5-23(27)26-21/h6-13,15-16H,3-5,14H2,1-2H3,(H,25,28). The van der Waals surface area contributed by atoms with Crippen LogP contribution < -0.4 is 14.8 Å². The van der Waals surface area contributed by atoms with Crippen molar-refractivity contribution in [2.75, 3.05) is 19.5 Å². The van der Waals surface area contributed by atoms with Crippen LogP contribution in [0.4, 0.5) is 5.69 Å². The molecule has 0 bridgehead atoms. The van der Waals surface area contributed by atoms with Crippen molar-refractivity contribution in [1.29, 1.82) is 0 Å². The van der Waals surface area contributed by atoms with Crippen molar-refractivity contribution in [3.05, 3.63) is 66.1 Å². The molecule has 3 aromatic rings. The predicted molar refractivity (Wildman–Crippen MR) is 118 cm³/mol. The molecule has 6 heteroatoms. The minimum Gasteiger partial charge on any atom is -0.497 e. The number of fused-ring (bicyclic) bond motifs is 1. The van der Waals surface area contributed by atoms with E-state index in [4.69, 9.17) is 14.5 Å². The number of anilines is 1. The first-order valence-corrected chi connectivity index (χ1v) is 10.0. The lowest BCUT2D eigenvalue weighted by Gasteiger charge is -2.11. The van der Waals surface area contributed by atoms with Gasteiger partial charge in [0, 0.05) is 42.1 Å². The molecule has 1 aliphatic rings. The third kappa shape index (κ3) is 4.38. The van der Waals surface area contributed by atoms with Crippen molar-refractivity contribution in [1.82, 2.24) is 9.55 Å². The Balaban J connectivity index is 1.43. The minimum atomic E-state index is -0.218. The van der Waals surface area contributed by atoms with E-state index in [9.17, 15) is 4.79 Å². The van der Waals surface area contributed by atoms with Gasteiger partial charge in [-0.25, -0.2) is 4.98 Å². The maximum atomic E-state index is 12.3. The number of benzene rings is 2. The highest BCUT2D eigenvalue weighted by Gasteiger charge is 2.13. The molecule has 1 N–H and O–H groups in total. The quantitative estimate of drug-likeness (QED) is 0.613. The first-order chi connectivity index (χ1) is 14.7. The molecule has 1 amide bonds. The van der Waals surface area contributed by atoms with E-state index in [2.05, 4.69) is 16.1 Å². The number of nitrogens with zero attached hydrogens (tertiary/aromatic N) is 2. The summed E-state index contributed by atoms with van der Waals surface area (Å²) in [4.78, 5) is 17.1. The zero-order valence-electron chi connectivity index (χ0n) is 17.2. The van der Waals surface area contributed by atoms with Crippen molar-refractivity contribution >= 4 is 17.7 Å². The maximum absolute atomic E-state index is 12.3. The second-order valence-electron chi connectivity index (χ2n) is 7.20. The Labute approximate surface area is 176 Å². The summed E-state index contributed by atoms with van der Waals surface area (Å²) < 4.78 is 12.8. The van der Waals surface area contributed by atoms with Gasteiger partial charge >= 0.3 is 0 Å². The summed E-state index contributed by atoms with van der Waals surface area (Å²) in [7, 11) is 3.20. The van der Waals surface area contributed by atoms with Crippen LogP contribution in [-0.2, 0) is 17.8 Å². The zero-order chi connectivity index (χ0) is 20.9. The number of aryl methyl sites for hydroxylation is 2. The van der Waals surface area contributed by atoms with Gasteiger partial charge in [0.05, 0.1) is 19.9 Å². The van der Waals surface area contributed by atoms with Crippen molar-refractivity contribution in [3.8, 4) is 22.8 Å². The SMILES string of the molecule is COc1ccc(OC)c(C=CC(=O)Nc2ccc(-c3cn4c(n3)CCCC4)cc2)c1. The summed E-state index contributed by atoms with van der Waals surface area (Å²) in [5.74, 6) is 2.32. The predicted octanol–water partition coefficient (Wildman–Crippen LogP) is 4.56. The molecule has 0 atom stereocenters. The molecule has 1 aromatic heterocycles. The van der Waals surface area contributed by atoms with Gasteiger partial charge < -0.3 is 19.4 Å². The normalized spacial score (nSPS) is 13.1. The van der Waals surface area contributed by atoms with Gasteiger partial charge in [-0.15, -0.1) is 0 Å². The van der Waals surface area contributed by atoms with Crippen molar-refractivity contribution in [2.24, 2.45) is 0 Å². The first kappa shape index (κ1) is 19.8. The number of rotatable bonds is 6. The van der Waals surface area contributed by atoms with Gasteiger partial charge in [-0.3, -0.25) is 4.79 Å². The van der Waals surface area contributed by atoms with Gasteiger partial charge in [0.2, 0.25) is 5.91 Å². The molecule has 0 saturated carbocycles. The Bertz CT molecular complexity index is 1040.